The van der Waals surface area contributed by atoms with Crippen molar-refractivity contribution in [3.8, 4) is 0 Å². The molecule has 1 aliphatic carbocycles. The van der Waals surface area contributed by atoms with Gasteiger partial charge in [0, 0.05) is 31.4 Å². The number of carbonyl (C=O) groups excluding carboxylic acids is 3. The third kappa shape index (κ3) is 7.49. The molecule has 7 heteroatoms. The fourth-order valence-electron chi connectivity index (χ4n) is 3.66. The summed E-state index contributed by atoms with van der Waals surface area (Å²) in [5, 5.41) is 5.53. The van der Waals surface area contributed by atoms with Gasteiger partial charge in [0.25, 0.3) is 0 Å². The Bertz CT molecular complexity index is 697. The molecule has 1 aromatic carbocycles. The van der Waals surface area contributed by atoms with E-state index in [2.05, 4.69) is 17.6 Å². The molecule has 29 heavy (non-hydrogen) atoms. The van der Waals surface area contributed by atoms with Gasteiger partial charge in [0.05, 0.1) is 13.1 Å². The number of nitrogens with zero attached hydrogens (tertiary/aromatic N) is 2. The predicted molar refractivity (Wildman–Crippen MR) is 116 cm³/mol. The van der Waals surface area contributed by atoms with Gasteiger partial charge in [0.1, 0.15) is 0 Å². The van der Waals surface area contributed by atoms with Crippen LogP contribution in [-0.2, 0) is 14.4 Å². The van der Waals surface area contributed by atoms with Crippen molar-refractivity contribution in [1.82, 2.24) is 9.80 Å². The van der Waals surface area contributed by atoms with Gasteiger partial charge in [-0.2, -0.15) is 0 Å². The maximum atomic E-state index is 12.7. The van der Waals surface area contributed by atoms with E-state index in [4.69, 9.17) is 0 Å². The largest absolute Gasteiger partial charge is 0.342 e. The molecule has 0 spiro atoms. The van der Waals surface area contributed by atoms with E-state index < -0.39 is 0 Å². The van der Waals surface area contributed by atoms with Crippen LogP contribution in [0.25, 0.3) is 0 Å². The van der Waals surface area contributed by atoms with Crippen LogP contribution >= 0.6 is 0 Å². The molecule has 1 saturated carbocycles. The van der Waals surface area contributed by atoms with E-state index in [-0.39, 0.29) is 30.8 Å². The van der Waals surface area contributed by atoms with Crippen molar-refractivity contribution in [2.45, 2.75) is 52.5 Å². The summed E-state index contributed by atoms with van der Waals surface area (Å²) in [5.74, 6) is 0.510. The van der Waals surface area contributed by atoms with Crippen LogP contribution in [-0.4, -0.2) is 60.2 Å². The topological polar surface area (TPSA) is 81.8 Å². The van der Waals surface area contributed by atoms with E-state index in [0.717, 1.165) is 18.8 Å². The molecule has 0 bridgehead atoms. The van der Waals surface area contributed by atoms with E-state index in [0.29, 0.717) is 24.0 Å². The van der Waals surface area contributed by atoms with E-state index in [1.165, 1.54) is 19.8 Å². The normalized spacial score (nSPS) is 18.9. The van der Waals surface area contributed by atoms with Gasteiger partial charge in [-0.1, -0.05) is 13.8 Å². The summed E-state index contributed by atoms with van der Waals surface area (Å²) < 4.78 is 0. The van der Waals surface area contributed by atoms with Crippen molar-refractivity contribution in [2.75, 3.05) is 37.3 Å². The van der Waals surface area contributed by atoms with E-state index >= 15 is 0 Å². The van der Waals surface area contributed by atoms with E-state index in [9.17, 15) is 14.4 Å². The lowest BCUT2D eigenvalue weighted by Gasteiger charge is -2.34. The highest BCUT2D eigenvalue weighted by atomic mass is 16.2. The number of hydrogen-bond donors (Lipinski definition) is 2. The average Bonchev–Trinajstić information content (AvgIpc) is 2.68. The molecule has 0 atom stereocenters. The summed E-state index contributed by atoms with van der Waals surface area (Å²) in [7, 11) is 1.88. The van der Waals surface area contributed by atoms with Gasteiger partial charge in [0.15, 0.2) is 0 Å². The van der Waals surface area contributed by atoms with Gasteiger partial charge in [-0.3, -0.25) is 19.3 Å². The first kappa shape index (κ1) is 22.9. The smallest absolute Gasteiger partial charge is 0.238 e. The van der Waals surface area contributed by atoms with Crippen LogP contribution in [0.1, 0.15) is 46.5 Å². The summed E-state index contributed by atoms with van der Waals surface area (Å²) in [6.45, 7) is 6.69. The lowest BCUT2D eigenvalue weighted by atomic mass is 9.87. The van der Waals surface area contributed by atoms with Crippen LogP contribution < -0.4 is 10.6 Å². The van der Waals surface area contributed by atoms with Crippen molar-refractivity contribution in [2.24, 2.45) is 5.92 Å². The molecule has 0 radical (unpaired) electrons. The Balaban J connectivity index is 1.82. The highest BCUT2D eigenvalue weighted by Gasteiger charge is 2.25. The molecule has 1 fully saturated rings. The van der Waals surface area contributed by atoms with Crippen molar-refractivity contribution >= 4 is 29.1 Å². The van der Waals surface area contributed by atoms with Crippen LogP contribution in [0.3, 0.4) is 0 Å². The average molecular weight is 403 g/mol. The van der Waals surface area contributed by atoms with Crippen LogP contribution in [0, 0.1) is 5.92 Å². The Labute approximate surface area is 173 Å². The maximum Gasteiger partial charge on any atom is 0.238 e. The Kier molecular flexibility index (Phi) is 8.64. The molecular formula is C22H34N4O3. The molecule has 1 aromatic rings. The zero-order valence-corrected chi connectivity index (χ0v) is 18.0. The second kappa shape index (κ2) is 11.0. The first-order valence-electron chi connectivity index (χ1n) is 10.4. The lowest BCUT2D eigenvalue weighted by Crippen LogP contribution is -2.46. The van der Waals surface area contributed by atoms with Crippen molar-refractivity contribution < 1.29 is 14.4 Å². The second-order valence-corrected chi connectivity index (χ2v) is 8.03. The van der Waals surface area contributed by atoms with Crippen molar-refractivity contribution in [3.05, 3.63) is 24.3 Å². The minimum Gasteiger partial charge on any atom is -0.342 e. The summed E-state index contributed by atoms with van der Waals surface area (Å²) in [6.07, 6.45) is 4.46. The molecule has 7 nitrogen and oxygen atoms in total. The number of anilines is 2. The number of likely N-dealkylation sites (N-methyl/N-ethyl adjacent to an activating group) is 2. The molecule has 0 unspecified atom stereocenters. The highest BCUT2D eigenvalue weighted by molar-refractivity contribution is 5.93. The third-order valence-corrected chi connectivity index (χ3v) is 5.59. The monoisotopic (exact) mass is 402 g/mol. The van der Waals surface area contributed by atoms with Gasteiger partial charge in [-0.15, -0.1) is 0 Å². The molecule has 0 aliphatic heterocycles. The van der Waals surface area contributed by atoms with Crippen LogP contribution in [0.4, 0.5) is 11.4 Å². The number of amides is 3. The van der Waals surface area contributed by atoms with Gasteiger partial charge in [-0.05, 0) is 62.4 Å². The molecule has 2 rings (SSSR count). The zero-order chi connectivity index (χ0) is 21.4. The first-order chi connectivity index (χ1) is 13.8. The Morgan fingerprint density at radius 2 is 1.52 bits per heavy atom. The standard InChI is InChI=1S/C22H34N4O3/c1-5-26(15-22(29)25(4)20-12-6-16(2)7-13-20)14-21(28)24-19-10-8-18(9-11-19)23-17(3)27/h8-11,16,20H,5-7,12-15H2,1-4H3,(H,23,27)(H,24,28). The molecule has 0 aromatic heterocycles. The third-order valence-electron chi connectivity index (χ3n) is 5.59. The number of rotatable bonds is 8. The minimum absolute atomic E-state index is 0.0684. The summed E-state index contributed by atoms with van der Waals surface area (Å²) in [5.41, 5.74) is 1.33. The molecule has 0 heterocycles. The van der Waals surface area contributed by atoms with Crippen molar-refractivity contribution in [3.63, 3.8) is 0 Å². The van der Waals surface area contributed by atoms with E-state index in [1.807, 2.05) is 23.8 Å². The number of hydrogen-bond acceptors (Lipinski definition) is 4. The molecule has 3 amide bonds. The summed E-state index contributed by atoms with van der Waals surface area (Å²) in [6, 6.07) is 7.26. The number of benzene rings is 1. The highest BCUT2D eigenvalue weighted by Crippen LogP contribution is 2.26. The Morgan fingerprint density at radius 3 is 2.03 bits per heavy atom. The molecule has 2 N–H and O–H groups in total. The quantitative estimate of drug-likeness (QED) is 0.700. The lowest BCUT2D eigenvalue weighted by molar-refractivity contribution is -0.134. The maximum absolute atomic E-state index is 12.7. The SMILES string of the molecule is CCN(CC(=O)Nc1ccc(NC(C)=O)cc1)CC(=O)N(C)C1CCC(C)CC1. The van der Waals surface area contributed by atoms with Gasteiger partial charge >= 0.3 is 0 Å². The van der Waals surface area contributed by atoms with Gasteiger partial charge in [0.2, 0.25) is 17.7 Å². The Morgan fingerprint density at radius 1 is 0.966 bits per heavy atom. The number of nitrogens with one attached hydrogen (secondary N) is 2. The van der Waals surface area contributed by atoms with Crippen molar-refractivity contribution in [1.29, 1.82) is 0 Å². The molecule has 1 aliphatic rings. The molecule has 0 saturated heterocycles. The predicted octanol–water partition coefficient (Wildman–Crippen LogP) is 2.94. The van der Waals surface area contributed by atoms with Gasteiger partial charge in [-0.25, -0.2) is 0 Å². The number of carbonyl (C=O) groups is 3. The van der Waals surface area contributed by atoms with Crippen LogP contribution in [0.5, 0.6) is 0 Å². The Hall–Kier alpha value is -2.41. The summed E-state index contributed by atoms with van der Waals surface area (Å²) in [4.78, 5) is 39.8. The first-order valence-corrected chi connectivity index (χ1v) is 10.4. The summed E-state index contributed by atoms with van der Waals surface area (Å²) >= 11 is 0. The fourth-order valence-corrected chi connectivity index (χ4v) is 3.66. The van der Waals surface area contributed by atoms with E-state index in [1.54, 1.807) is 24.3 Å². The van der Waals surface area contributed by atoms with Crippen LogP contribution in [0.15, 0.2) is 24.3 Å². The fraction of sp³-hybridized carbons (Fsp3) is 0.591. The van der Waals surface area contributed by atoms with Crippen LogP contribution in [0.2, 0.25) is 0 Å². The van der Waals surface area contributed by atoms with Gasteiger partial charge < -0.3 is 15.5 Å². The molecule has 160 valence electrons. The minimum atomic E-state index is -0.166. The molecular weight excluding hydrogens is 368 g/mol. The zero-order valence-electron chi connectivity index (χ0n) is 18.0. The second-order valence-electron chi connectivity index (χ2n) is 8.03.